The van der Waals surface area contributed by atoms with Crippen molar-refractivity contribution in [3.8, 4) is 0 Å². The molecular formula is C11H13Br2NO3S. The topological polar surface area (TPSA) is 66.4 Å². The van der Waals surface area contributed by atoms with Crippen molar-refractivity contribution in [2.75, 3.05) is 0 Å². The van der Waals surface area contributed by atoms with Gasteiger partial charge in [-0.2, -0.15) is 0 Å². The van der Waals surface area contributed by atoms with Crippen LogP contribution in [-0.4, -0.2) is 22.5 Å². The standard InChI is InChI=1S/C11H13Br2NO3S/c1-3-11(4-2,10(16)17)14-9(15)7-5-6(12)8(13)18-7/h5H,3-4H2,1-2H3,(H,14,15)(H,16,17). The van der Waals surface area contributed by atoms with Gasteiger partial charge in [-0.3, -0.25) is 4.79 Å². The van der Waals surface area contributed by atoms with Gasteiger partial charge in [-0.05, 0) is 50.8 Å². The van der Waals surface area contributed by atoms with Crippen LogP contribution in [0.2, 0.25) is 0 Å². The average Bonchev–Trinajstić information content (AvgIpc) is 2.66. The first kappa shape index (κ1) is 15.7. The first-order valence-electron chi connectivity index (χ1n) is 5.37. The van der Waals surface area contributed by atoms with Gasteiger partial charge in [-0.25, -0.2) is 4.79 Å². The van der Waals surface area contributed by atoms with Crippen LogP contribution in [0.1, 0.15) is 36.4 Å². The molecular weight excluding hydrogens is 386 g/mol. The monoisotopic (exact) mass is 397 g/mol. The van der Waals surface area contributed by atoms with Crippen molar-refractivity contribution in [3.63, 3.8) is 0 Å². The zero-order chi connectivity index (χ0) is 13.9. The molecule has 0 bridgehead atoms. The van der Waals surface area contributed by atoms with Gasteiger partial charge in [0.25, 0.3) is 5.91 Å². The van der Waals surface area contributed by atoms with E-state index < -0.39 is 11.5 Å². The minimum Gasteiger partial charge on any atom is -0.480 e. The van der Waals surface area contributed by atoms with E-state index in [-0.39, 0.29) is 5.91 Å². The van der Waals surface area contributed by atoms with E-state index in [1.54, 1.807) is 19.9 Å². The van der Waals surface area contributed by atoms with Crippen LogP contribution in [0.5, 0.6) is 0 Å². The summed E-state index contributed by atoms with van der Waals surface area (Å²) in [6.45, 7) is 3.50. The average molecular weight is 399 g/mol. The van der Waals surface area contributed by atoms with Crippen LogP contribution in [0.4, 0.5) is 0 Å². The maximum atomic E-state index is 12.0. The maximum Gasteiger partial charge on any atom is 0.329 e. The van der Waals surface area contributed by atoms with E-state index in [9.17, 15) is 14.7 Å². The molecule has 2 N–H and O–H groups in total. The van der Waals surface area contributed by atoms with E-state index >= 15 is 0 Å². The van der Waals surface area contributed by atoms with Crippen LogP contribution < -0.4 is 5.32 Å². The number of thiophene rings is 1. The lowest BCUT2D eigenvalue weighted by Gasteiger charge is -2.27. The molecule has 0 aliphatic carbocycles. The molecule has 0 atom stereocenters. The van der Waals surface area contributed by atoms with E-state index in [1.807, 2.05) is 0 Å². The Morgan fingerprint density at radius 2 is 1.94 bits per heavy atom. The second kappa shape index (κ2) is 6.16. The van der Waals surface area contributed by atoms with Crippen molar-refractivity contribution in [2.24, 2.45) is 0 Å². The molecule has 100 valence electrons. The largest absolute Gasteiger partial charge is 0.480 e. The number of carbonyl (C=O) groups excluding carboxylic acids is 1. The molecule has 0 radical (unpaired) electrons. The molecule has 0 saturated carbocycles. The fraction of sp³-hybridized carbons (Fsp3) is 0.455. The molecule has 1 amide bonds. The molecule has 1 rings (SSSR count). The van der Waals surface area contributed by atoms with Gasteiger partial charge in [0.2, 0.25) is 0 Å². The van der Waals surface area contributed by atoms with Gasteiger partial charge in [0.05, 0.1) is 8.66 Å². The Hall–Kier alpha value is -0.400. The lowest BCUT2D eigenvalue weighted by atomic mass is 9.93. The number of carbonyl (C=O) groups is 2. The molecule has 1 aromatic heterocycles. The zero-order valence-electron chi connectivity index (χ0n) is 9.92. The fourth-order valence-corrected chi connectivity index (χ4v) is 3.45. The predicted octanol–water partition coefficient (Wildman–Crippen LogP) is 3.65. The SMILES string of the molecule is CCC(CC)(NC(=O)c1cc(Br)c(Br)s1)C(=O)O. The molecule has 0 saturated heterocycles. The molecule has 7 heteroatoms. The summed E-state index contributed by atoms with van der Waals surface area (Å²) < 4.78 is 1.59. The summed E-state index contributed by atoms with van der Waals surface area (Å²) in [6.07, 6.45) is 0.691. The van der Waals surface area contributed by atoms with Crippen molar-refractivity contribution in [3.05, 3.63) is 19.2 Å². The number of hydrogen-bond acceptors (Lipinski definition) is 3. The summed E-state index contributed by atoms with van der Waals surface area (Å²) in [4.78, 5) is 23.8. The number of nitrogens with one attached hydrogen (secondary N) is 1. The Morgan fingerprint density at radius 3 is 2.28 bits per heavy atom. The Labute approximate surface area is 126 Å². The second-order valence-electron chi connectivity index (χ2n) is 3.78. The number of hydrogen-bond donors (Lipinski definition) is 2. The van der Waals surface area contributed by atoms with Gasteiger partial charge in [0, 0.05) is 4.47 Å². The molecule has 18 heavy (non-hydrogen) atoms. The fourth-order valence-electron chi connectivity index (χ4n) is 1.52. The Morgan fingerprint density at radius 1 is 1.39 bits per heavy atom. The van der Waals surface area contributed by atoms with Crippen LogP contribution in [0, 0.1) is 0 Å². The highest BCUT2D eigenvalue weighted by molar-refractivity contribution is 9.13. The van der Waals surface area contributed by atoms with E-state index in [1.165, 1.54) is 11.3 Å². The van der Waals surface area contributed by atoms with Gasteiger partial charge >= 0.3 is 5.97 Å². The van der Waals surface area contributed by atoms with Crippen molar-refractivity contribution in [1.29, 1.82) is 0 Å². The van der Waals surface area contributed by atoms with E-state index in [2.05, 4.69) is 37.2 Å². The third-order valence-corrected chi connectivity index (χ3v) is 6.09. The smallest absolute Gasteiger partial charge is 0.329 e. The summed E-state index contributed by atoms with van der Waals surface area (Å²) in [5.74, 6) is -1.37. The minimum atomic E-state index is -1.19. The van der Waals surface area contributed by atoms with Crippen molar-refractivity contribution in [1.82, 2.24) is 5.32 Å². The van der Waals surface area contributed by atoms with Gasteiger partial charge in [-0.1, -0.05) is 13.8 Å². The second-order valence-corrected chi connectivity index (χ2v) is 7.01. The van der Waals surface area contributed by atoms with Crippen LogP contribution in [0.15, 0.2) is 14.3 Å². The predicted molar refractivity (Wildman–Crippen MR) is 78.1 cm³/mol. The third-order valence-electron chi connectivity index (χ3n) is 2.84. The molecule has 1 heterocycles. The highest BCUT2D eigenvalue weighted by Gasteiger charge is 2.36. The molecule has 0 spiro atoms. The van der Waals surface area contributed by atoms with Crippen LogP contribution >= 0.6 is 43.2 Å². The van der Waals surface area contributed by atoms with Crippen LogP contribution in [-0.2, 0) is 4.79 Å². The number of carboxylic acids is 1. The highest BCUT2D eigenvalue weighted by Crippen LogP contribution is 2.32. The zero-order valence-corrected chi connectivity index (χ0v) is 13.9. The lowest BCUT2D eigenvalue weighted by Crippen LogP contribution is -2.53. The number of aliphatic carboxylic acids is 1. The third kappa shape index (κ3) is 3.13. The Kier molecular flexibility index (Phi) is 5.36. The molecule has 0 aromatic carbocycles. The van der Waals surface area contributed by atoms with E-state index in [4.69, 9.17) is 0 Å². The van der Waals surface area contributed by atoms with Crippen LogP contribution in [0.25, 0.3) is 0 Å². The maximum absolute atomic E-state index is 12.0. The number of amides is 1. The summed E-state index contributed by atoms with van der Waals surface area (Å²) in [5.41, 5.74) is -1.19. The van der Waals surface area contributed by atoms with Gasteiger partial charge in [0.15, 0.2) is 0 Å². The molecule has 0 aliphatic rings. The normalized spacial score (nSPS) is 11.3. The molecule has 0 aliphatic heterocycles. The minimum absolute atomic E-state index is 0.346. The summed E-state index contributed by atoms with van der Waals surface area (Å²) in [5, 5.41) is 11.9. The first-order valence-corrected chi connectivity index (χ1v) is 7.77. The van der Waals surface area contributed by atoms with Crippen LogP contribution in [0.3, 0.4) is 0 Å². The Balaban J connectivity index is 2.95. The molecule has 4 nitrogen and oxygen atoms in total. The van der Waals surface area contributed by atoms with Crippen molar-refractivity contribution < 1.29 is 14.7 Å². The van der Waals surface area contributed by atoms with E-state index in [0.29, 0.717) is 17.7 Å². The lowest BCUT2D eigenvalue weighted by molar-refractivity contribution is -0.144. The summed E-state index contributed by atoms with van der Waals surface area (Å²) in [7, 11) is 0. The molecule has 1 aromatic rings. The van der Waals surface area contributed by atoms with E-state index in [0.717, 1.165) is 8.26 Å². The number of carboxylic acid groups (broad SMARTS) is 1. The van der Waals surface area contributed by atoms with Gasteiger partial charge < -0.3 is 10.4 Å². The Bertz CT molecular complexity index is 449. The highest BCUT2D eigenvalue weighted by atomic mass is 79.9. The summed E-state index contributed by atoms with van der Waals surface area (Å²) in [6, 6.07) is 1.67. The van der Waals surface area contributed by atoms with Gasteiger partial charge in [-0.15, -0.1) is 11.3 Å². The van der Waals surface area contributed by atoms with Crippen molar-refractivity contribution >= 4 is 55.1 Å². The molecule has 0 unspecified atom stereocenters. The first-order chi connectivity index (χ1) is 8.36. The quantitative estimate of drug-likeness (QED) is 0.795. The number of halogens is 2. The van der Waals surface area contributed by atoms with Gasteiger partial charge in [0.1, 0.15) is 5.54 Å². The summed E-state index contributed by atoms with van der Waals surface area (Å²) >= 11 is 7.86. The van der Waals surface area contributed by atoms with Crippen molar-refractivity contribution in [2.45, 2.75) is 32.2 Å². The number of rotatable bonds is 5. The molecule has 0 fully saturated rings.